The zero-order valence-electron chi connectivity index (χ0n) is 12.6. The first kappa shape index (κ1) is 14.4. The number of imide groups is 1. The van der Waals surface area contributed by atoms with E-state index in [4.69, 9.17) is 0 Å². The second-order valence-electron chi connectivity index (χ2n) is 5.43. The Morgan fingerprint density at radius 2 is 1.72 bits per heavy atom. The molecule has 3 aromatic heterocycles. The molecule has 4 aromatic rings. The minimum absolute atomic E-state index is 0.129. The molecule has 122 valence electrons. The summed E-state index contributed by atoms with van der Waals surface area (Å²) >= 11 is 2.87. The van der Waals surface area contributed by atoms with Gasteiger partial charge in [-0.15, -0.1) is 21.5 Å². The highest BCUT2D eigenvalue weighted by molar-refractivity contribution is 7.16. The lowest BCUT2D eigenvalue weighted by molar-refractivity contribution is 0.0642. The van der Waals surface area contributed by atoms with Crippen molar-refractivity contribution in [1.82, 2.24) is 24.7 Å². The molecule has 1 aliphatic heterocycles. The van der Waals surface area contributed by atoms with Crippen molar-refractivity contribution in [1.29, 1.82) is 0 Å². The molecular formula is C16H9N5O2S2. The number of benzene rings is 1. The second kappa shape index (κ2) is 5.30. The van der Waals surface area contributed by atoms with Crippen molar-refractivity contribution >= 4 is 39.4 Å². The van der Waals surface area contributed by atoms with Crippen molar-refractivity contribution in [2.75, 3.05) is 0 Å². The van der Waals surface area contributed by atoms with Crippen LogP contribution in [0.4, 0.5) is 0 Å². The summed E-state index contributed by atoms with van der Waals surface area (Å²) in [5.74, 6) is 0.0879. The van der Waals surface area contributed by atoms with Crippen LogP contribution in [0, 0.1) is 0 Å². The van der Waals surface area contributed by atoms with Crippen molar-refractivity contribution in [3.8, 4) is 10.7 Å². The fourth-order valence-electron chi connectivity index (χ4n) is 2.80. The predicted octanol–water partition coefficient (Wildman–Crippen LogP) is 2.71. The first-order valence-corrected chi connectivity index (χ1v) is 9.12. The third kappa shape index (κ3) is 2.13. The van der Waals surface area contributed by atoms with Crippen molar-refractivity contribution in [2.24, 2.45) is 0 Å². The van der Waals surface area contributed by atoms with Crippen LogP contribution in [0.3, 0.4) is 0 Å². The molecule has 7 nitrogen and oxygen atoms in total. The molecule has 0 unspecified atom stereocenters. The van der Waals surface area contributed by atoms with Gasteiger partial charge in [0.25, 0.3) is 11.8 Å². The van der Waals surface area contributed by atoms with E-state index >= 15 is 0 Å². The molecule has 25 heavy (non-hydrogen) atoms. The number of rotatable bonds is 3. The Kier molecular flexibility index (Phi) is 3.06. The zero-order chi connectivity index (χ0) is 17.0. The third-order valence-corrected chi connectivity index (χ3v) is 5.70. The summed E-state index contributed by atoms with van der Waals surface area (Å²) in [6.07, 6.45) is 0. The van der Waals surface area contributed by atoms with E-state index in [1.165, 1.54) is 16.2 Å². The molecule has 0 saturated carbocycles. The highest BCUT2D eigenvalue weighted by atomic mass is 32.1. The van der Waals surface area contributed by atoms with Crippen LogP contribution in [0.5, 0.6) is 0 Å². The lowest BCUT2D eigenvalue weighted by Gasteiger charge is -2.10. The van der Waals surface area contributed by atoms with Crippen molar-refractivity contribution < 1.29 is 9.59 Å². The summed E-state index contributed by atoms with van der Waals surface area (Å²) in [6, 6.07) is 10.7. The minimum atomic E-state index is -0.287. The molecule has 9 heteroatoms. The molecular weight excluding hydrogens is 358 g/mol. The Hall–Kier alpha value is -2.91. The second-order valence-corrected chi connectivity index (χ2v) is 7.42. The molecule has 1 aromatic carbocycles. The van der Waals surface area contributed by atoms with E-state index in [2.05, 4.69) is 15.3 Å². The lowest BCUT2D eigenvalue weighted by atomic mass is 10.1. The van der Waals surface area contributed by atoms with Gasteiger partial charge in [0, 0.05) is 0 Å². The number of aromatic nitrogens is 4. The van der Waals surface area contributed by atoms with Crippen LogP contribution in [-0.4, -0.2) is 36.5 Å². The van der Waals surface area contributed by atoms with Gasteiger partial charge in [-0.3, -0.25) is 14.5 Å². The Bertz CT molecular complexity index is 1090. The normalized spacial score (nSPS) is 13.8. The molecule has 0 spiro atoms. The summed E-state index contributed by atoms with van der Waals surface area (Å²) in [6.45, 7) is 0.129. The molecule has 0 aliphatic carbocycles. The van der Waals surface area contributed by atoms with Crippen LogP contribution >= 0.6 is 22.7 Å². The fourth-order valence-corrected chi connectivity index (χ4v) is 4.31. The number of carbonyl (C=O) groups excluding carboxylic acids is 2. The van der Waals surface area contributed by atoms with Gasteiger partial charge in [-0.2, -0.15) is 9.61 Å². The van der Waals surface area contributed by atoms with Gasteiger partial charge in [-0.1, -0.05) is 29.5 Å². The lowest BCUT2D eigenvalue weighted by Crippen LogP contribution is -2.29. The maximum absolute atomic E-state index is 12.5. The van der Waals surface area contributed by atoms with Crippen molar-refractivity contribution in [2.45, 2.75) is 6.54 Å². The molecule has 0 radical (unpaired) electrons. The SMILES string of the molecule is O=C1c2ccccc2C(=O)N1Cc1nn2c(-c3cccs3)nnc2s1. The summed E-state index contributed by atoms with van der Waals surface area (Å²) in [7, 11) is 0. The summed E-state index contributed by atoms with van der Waals surface area (Å²) in [5.41, 5.74) is 0.879. The number of amides is 2. The van der Waals surface area contributed by atoms with E-state index < -0.39 is 0 Å². The molecule has 0 bridgehead atoms. The Labute approximate surface area is 149 Å². The summed E-state index contributed by atoms with van der Waals surface area (Å²) in [5, 5.41) is 15.4. The maximum Gasteiger partial charge on any atom is 0.261 e. The van der Waals surface area contributed by atoms with Gasteiger partial charge >= 0.3 is 0 Å². The fraction of sp³-hybridized carbons (Fsp3) is 0.0625. The van der Waals surface area contributed by atoms with Crippen LogP contribution in [0.2, 0.25) is 0 Å². The van der Waals surface area contributed by atoms with E-state index in [-0.39, 0.29) is 18.4 Å². The number of thiophene rings is 1. The van der Waals surface area contributed by atoms with Crippen LogP contribution < -0.4 is 0 Å². The smallest absolute Gasteiger partial charge is 0.261 e. The van der Waals surface area contributed by atoms with Crippen LogP contribution in [0.25, 0.3) is 15.7 Å². The number of carbonyl (C=O) groups is 2. The van der Waals surface area contributed by atoms with E-state index in [1.807, 2.05) is 17.5 Å². The van der Waals surface area contributed by atoms with Gasteiger partial charge < -0.3 is 0 Å². The van der Waals surface area contributed by atoms with Crippen LogP contribution in [0.15, 0.2) is 41.8 Å². The molecule has 5 rings (SSSR count). The topological polar surface area (TPSA) is 80.5 Å². The highest BCUT2D eigenvalue weighted by Crippen LogP contribution is 2.28. The van der Waals surface area contributed by atoms with Gasteiger partial charge in [0.2, 0.25) is 4.96 Å². The third-order valence-electron chi connectivity index (χ3n) is 3.95. The van der Waals surface area contributed by atoms with E-state index in [9.17, 15) is 9.59 Å². The minimum Gasteiger partial charge on any atom is -0.269 e. The largest absolute Gasteiger partial charge is 0.269 e. The number of fused-ring (bicyclic) bond motifs is 2. The zero-order valence-corrected chi connectivity index (χ0v) is 14.3. The number of hydrogen-bond acceptors (Lipinski definition) is 7. The highest BCUT2D eigenvalue weighted by Gasteiger charge is 2.35. The number of nitrogens with zero attached hydrogens (tertiary/aromatic N) is 5. The number of hydrogen-bond donors (Lipinski definition) is 0. The molecule has 0 N–H and O–H groups in total. The average molecular weight is 367 g/mol. The van der Waals surface area contributed by atoms with Gasteiger partial charge in [-0.25, -0.2) is 0 Å². The maximum atomic E-state index is 12.5. The summed E-state index contributed by atoms with van der Waals surface area (Å²) < 4.78 is 1.66. The van der Waals surface area contributed by atoms with Crippen LogP contribution in [-0.2, 0) is 6.54 Å². The Morgan fingerprint density at radius 1 is 0.960 bits per heavy atom. The van der Waals surface area contributed by atoms with E-state index in [0.717, 1.165) is 4.88 Å². The molecule has 2 amide bonds. The first-order valence-electron chi connectivity index (χ1n) is 7.42. The van der Waals surface area contributed by atoms with Gasteiger partial charge in [0.05, 0.1) is 22.5 Å². The van der Waals surface area contributed by atoms with Crippen molar-refractivity contribution in [3.05, 3.63) is 57.9 Å². The van der Waals surface area contributed by atoms with Crippen molar-refractivity contribution in [3.63, 3.8) is 0 Å². The van der Waals surface area contributed by atoms with Gasteiger partial charge in [-0.05, 0) is 23.6 Å². The Morgan fingerprint density at radius 3 is 2.40 bits per heavy atom. The van der Waals surface area contributed by atoms with Crippen LogP contribution in [0.1, 0.15) is 25.7 Å². The van der Waals surface area contributed by atoms with E-state index in [0.29, 0.717) is 26.9 Å². The quantitative estimate of drug-likeness (QED) is 0.520. The molecule has 0 fully saturated rings. The standard InChI is InChI=1S/C16H9N5O2S2/c22-14-9-4-1-2-5-10(9)15(23)20(14)8-12-19-21-13(11-6-3-7-24-11)17-18-16(21)25-12/h1-7H,8H2. The van der Waals surface area contributed by atoms with E-state index in [1.54, 1.807) is 40.1 Å². The monoisotopic (exact) mass is 367 g/mol. The summed E-state index contributed by atoms with van der Waals surface area (Å²) in [4.78, 5) is 27.8. The molecule has 1 aliphatic rings. The van der Waals surface area contributed by atoms with Gasteiger partial charge in [0.15, 0.2) is 5.82 Å². The predicted molar refractivity (Wildman–Crippen MR) is 92.6 cm³/mol. The average Bonchev–Trinajstić information content (AvgIpc) is 3.37. The Balaban J connectivity index is 1.49. The molecule has 0 atom stereocenters. The molecule has 0 saturated heterocycles. The first-order chi connectivity index (χ1) is 12.2. The molecule has 4 heterocycles. The van der Waals surface area contributed by atoms with Gasteiger partial charge in [0.1, 0.15) is 5.01 Å².